The van der Waals surface area contributed by atoms with Gasteiger partial charge in [0, 0.05) is 44.7 Å². The molecule has 1 aliphatic carbocycles. The first-order valence-corrected chi connectivity index (χ1v) is 9.71. The predicted octanol–water partition coefficient (Wildman–Crippen LogP) is 1.35. The molecule has 2 aliphatic heterocycles. The summed E-state index contributed by atoms with van der Waals surface area (Å²) >= 11 is 0. The van der Waals surface area contributed by atoms with Gasteiger partial charge >= 0.3 is 0 Å². The Morgan fingerprint density at radius 3 is 2.62 bits per heavy atom. The molecule has 0 spiro atoms. The average molecular weight is 338 g/mol. The van der Waals surface area contributed by atoms with Crippen molar-refractivity contribution >= 4 is 5.96 Å². The van der Waals surface area contributed by atoms with Crippen molar-refractivity contribution in [2.45, 2.75) is 51.0 Å². The van der Waals surface area contributed by atoms with E-state index in [4.69, 9.17) is 20.2 Å². The number of hydrogen-bond donors (Lipinski definition) is 2. The van der Waals surface area contributed by atoms with E-state index in [1.54, 1.807) is 0 Å². The minimum atomic E-state index is 0.297. The zero-order chi connectivity index (χ0) is 16.7. The Morgan fingerprint density at radius 2 is 1.92 bits per heavy atom. The Morgan fingerprint density at radius 1 is 1.12 bits per heavy atom. The molecule has 3 aliphatic rings. The molecule has 24 heavy (non-hydrogen) atoms. The van der Waals surface area contributed by atoms with E-state index >= 15 is 0 Å². The SMILES string of the molecule is NC(=NCC1(CN2CCOCC2)CCCCC1)NCC1CCCO1. The van der Waals surface area contributed by atoms with Crippen molar-refractivity contribution in [3.05, 3.63) is 0 Å². The van der Waals surface area contributed by atoms with Crippen molar-refractivity contribution < 1.29 is 9.47 Å². The van der Waals surface area contributed by atoms with E-state index in [-0.39, 0.29) is 0 Å². The molecular weight excluding hydrogens is 304 g/mol. The Kier molecular flexibility index (Phi) is 6.75. The number of hydrogen-bond acceptors (Lipinski definition) is 4. The molecule has 0 bridgehead atoms. The van der Waals surface area contributed by atoms with Crippen LogP contribution in [-0.2, 0) is 9.47 Å². The summed E-state index contributed by atoms with van der Waals surface area (Å²) in [4.78, 5) is 7.27. The first kappa shape index (κ1) is 18.0. The fourth-order valence-corrected chi connectivity index (χ4v) is 4.23. The van der Waals surface area contributed by atoms with Gasteiger partial charge in [-0.05, 0) is 25.7 Å². The van der Waals surface area contributed by atoms with Crippen LogP contribution in [-0.4, -0.2) is 69.5 Å². The van der Waals surface area contributed by atoms with Crippen molar-refractivity contribution in [1.29, 1.82) is 0 Å². The number of aliphatic imine (C=N–C) groups is 1. The molecule has 3 N–H and O–H groups in total. The molecular formula is C18H34N4O2. The number of nitrogens with zero attached hydrogens (tertiary/aromatic N) is 2. The molecule has 3 rings (SSSR count). The van der Waals surface area contributed by atoms with Crippen LogP contribution in [0.4, 0.5) is 0 Å². The molecule has 2 saturated heterocycles. The monoisotopic (exact) mass is 338 g/mol. The molecule has 6 heteroatoms. The molecule has 1 unspecified atom stereocenters. The smallest absolute Gasteiger partial charge is 0.188 e. The van der Waals surface area contributed by atoms with Crippen molar-refractivity contribution in [1.82, 2.24) is 10.2 Å². The van der Waals surface area contributed by atoms with Crippen LogP contribution in [0.25, 0.3) is 0 Å². The number of morpholine rings is 1. The second-order valence-corrected chi connectivity index (χ2v) is 7.67. The minimum Gasteiger partial charge on any atom is -0.379 e. The second-order valence-electron chi connectivity index (χ2n) is 7.67. The maximum Gasteiger partial charge on any atom is 0.188 e. The topological polar surface area (TPSA) is 72.1 Å². The lowest BCUT2D eigenvalue weighted by Crippen LogP contribution is -2.46. The highest BCUT2D eigenvalue weighted by Gasteiger charge is 2.34. The van der Waals surface area contributed by atoms with Crippen LogP contribution in [0.5, 0.6) is 0 Å². The molecule has 0 amide bonds. The third-order valence-corrected chi connectivity index (χ3v) is 5.70. The standard InChI is InChI=1S/C18H34N4O2/c19-17(20-13-16-5-4-10-24-16)21-14-18(6-2-1-3-7-18)15-22-8-11-23-12-9-22/h16H,1-15H2,(H3,19,20,21). The normalized spacial score (nSPS) is 28.8. The fraction of sp³-hybridized carbons (Fsp3) is 0.944. The second kappa shape index (κ2) is 9.02. The van der Waals surface area contributed by atoms with Crippen LogP contribution in [0.1, 0.15) is 44.9 Å². The number of rotatable bonds is 6. The molecule has 0 aromatic rings. The highest BCUT2D eigenvalue weighted by atomic mass is 16.5. The van der Waals surface area contributed by atoms with Gasteiger partial charge in [0.1, 0.15) is 0 Å². The molecule has 0 aromatic carbocycles. The first-order chi connectivity index (χ1) is 11.8. The van der Waals surface area contributed by atoms with E-state index in [1.165, 1.54) is 32.1 Å². The molecule has 1 saturated carbocycles. The number of nitrogens with two attached hydrogens (primary N) is 1. The summed E-state index contributed by atoms with van der Waals surface area (Å²) in [5.41, 5.74) is 6.41. The van der Waals surface area contributed by atoms with E-state index in [2.05, 4.69) is 10.2 Å². The van der Waals surface area contributed by atoms with Gasteiger partial charge in [0.05, 0.1) is 19.3 Å². The van der Waals surface area contributed by atoms with Crippen LogP contribution in [0, 0.1) is 5.41 Å². The highest BCUT2D eigenvalue weighted by Crippen LogP contribution is 2.37. The third-order valence-electron chi connectivity index (χ3n) is 5.70. The van der Waals surface area contributed by atoms with Crippen LogP contribution >= 0.6 is 0 Å². The molecule has 3 fully saturated rings. The third kappa shape index (κ3) is 5.33. The largest absolute Gasteiger partial charge is 0.379 e. The van der Waals surface area contributed by atoms with Gasteiger partial charge in [-0.25, -0.2) is 0 Å². The summed E-state index contributed by atoms with van der Waals surface area (Å²) in [7, 11) is 0. The Labute approximate surface area is 146 Å². The van der Waals surface area contributed by atoms with E-state index in [9.17, 15) is 0 Å². The lowest BCUT2D eigenvalue weighted by atomic mass is 9.73. The fourth-order valence-electron chi connectivity index (χ4n) is 4.23. The van der Waals surface area contributed by atoms with Crippen molar-refractivity contribution in [3.8, 4) is 0 Å². The summed E-state index contributed by atoms with van der Waals surface area (Å²) in [6.45, 7) is 7.48. The quantitative estimate of drug-likeness (QED) is 0.565. The van der Waals surface area contributed by atoms with Crippen LogP contribution < -0.4 is 11.1 Å². The Hall–Kier alpha value is -0.850. The van der Waals surface area contributed by atoms with Crippen LogP contribution in [0.2, 0.25) is 0 Å². The molecule has 0 radical (unpaired) electrons. The van der Waals surface area contributed by atoms with Gasteiger partial charge in [0.15, 0.2) is 5.96 Å². The van der Waals surface area contributed by atoms with Crippen LogP contribution in [0.15, 0.2) is 4.99 Å². The van der Waals surface area contributed by atoms with Gasteiger partial charge in [-0.3, -0.25) is 9.89 Å². The van der Waals surface area contributed by atoms with Gasteiger partial charge in [-0.15, -0.1) is 0 Å². The van der Waals surface area contributed by atoms with Crippen molar-refractivity contribution in [2.24, 2.45) is 16.1 Å². The zero-order valence-electron chi connectivity index (χ0n) is 15.0. The maximum atomic E-state index is 6.11. The van der Waals surface area contributed by atoms with E-state index in [0.717, 1.165) is 65.4 Å². The van der Waals surface area contributed by atoms with Crippen LogP contribution in [0.3, 0.4) is 0 Å². The lowest BCUT2D eigenvalue weighted by molar-refractivity contribution is 0.00938. The maximum absolute atomic E-state index is 6.11. The molecule has 6 nitrogen and oxygen atoms in total. The van der Waals surface area contributed by atoms with Gasteiger partial charge in [0.25, 0.3) is 0 Å². The van der Waals surface area contributed by atoms with Crippen molar-refractivity contribution in [3.63, 3.8) is 0 Å². The molecule has 0 aromatic heterocycles. The average Bonchev–Trinajstić information content (AvgIpc) is 3.14. The summed E-state index contributed by atoms with van der Waals surface area (Å²) in [6.07, 6.45) is 9.14. The van der Waals surface area contributed by atoms with Gasteiger partial charge in [-0.2, -0.15) is 0 Å². The summed E-state index contributed by atoms with van der Waals surface area (Å²) < 4.78 is 11.1. The zero-order valence-corrected chi connectivity index (χ0v) is 15.0. The van der Waals surface area contributed by atoms with E-state index in [0.29, 0.717) is 17.5 Å². The van der Waals surface area contributed by atoms with E-state index in [1.807, 2.05) is 0 Å². The molecule has 2 heterocycles. The van der Waals surface area contributed by atoms with Gasteiger partial charge in [-0.1, -0.05) is 19.3 Å². The summed E-state index contributed by atoms with van der Waals surface area (Å²) in [6, 6.07) is 0. The first-order valence-electron chi connectivity index (χ1n) is 9.71. The van der Waals surface area contributed by atoms with Crippen molar-refractivity contribution in [2.75, 3.05) is 52.5 Å². The minimum absolute atomic E-state index is 0.297. The number of ether oxygens (including phenoxy) is 2. The number of nitrogens with one attached hydrogen (secondary N) is 1. The van der Waals surface area contributed by atoms with E-state index < -0.39 is 0 Å². The molecule has 138 valence electrons. The predicted molar refractivity (Wildman–Crippen MR) is 96.2 cm³/mol. The van der Waals surface area contributed by atoms with Gasteiger partial charge in [0.2, 0.25) is 0 Å². The Bertz CT molecular complexity index is 398. The number of guanidine groups is 1. The summed E-state index contributed by atoms with van der Waals surface area (Å²) in [5, 5.41) is 3.25. The molecule has 1 atom stereocenters. The lowest BCUT2D eigenvalue weighted by Gasteiger charge is -2.41. The summed E-state index contributed by atoms with van der Waals surface area (Å²) in [5.74, 6) is 0.581. The van der Waals surface area contributed by atoms with Gasteiger partial charge < -0.3 is 20.5 Å². The highest BCUT2D eigenvalue weighted by molar-refractivity contribution is 5.77. The Balaban J connectivity index is 1.51.